The van der Waals surface area contributed by atoms with Gasteiger partial charge in [0.2, 0.25) is 5.88 Å². The van der Waals surface area contributed by atoms with Crippen molar-refractivity contribution in [3.8, 4) is 5.88 Å². The van der Waals surface area contributed by atoms with E-state index in [-0.39, 0.29) is 11.7 Å². The van der Waals surface area contributed by atoms with Gasteiger partial charge in [-0.1, -0.05) is 18.2 Å². The molecule has 1 heterocycles. The number of aromatic carboxylic acids is 1. The van der Waals surface area contributed by atoms with Crippen LogP contribution in [0.15, 0.2) is 30.5 Å². The molecule has 0 radical (unpaired) electrons. The SMILES string of the molecule is O=C(O)c1cnc(OC2CCC2)c2ccccc12. The zero-order chi connectivity index (χ0) is 12.5. The Kier molecular flexibility index (Phi) is 2.63. The van der Waals surface area contributed by atoms with Gasteiger partial charge in [0.1, 0.15) is 6.10 Å². The van der Waals surface area contributed by atoms with Gasteiger partial charge in [0, 0.05) is 17.0 Å². The highest BCUT2D eigenvalue weighted by Crippen LogP contribution is 2.30. The molecule has 0 bridgehead atoms. The van der Waals surface area contributed by atoms with Crippen LogP contribution in [0, 0.1) is 0 Å². The summed E-state index contributed by atoms with van der Waals surface area (Å²) in [5, 5.41) is 10.6. The van der Waals surface area contributed by atoms with E-state index in [0.717, 1.165) is 18.2 Å². The molecular weight excluding hydrogens is 230 g/mol. The number of hydrogen-bond donors (Lipinski definition) is 1. The highest BCUT2D eigenvalue weighted by Gasteiger charge is 2.21. The second-order valence-corrected chi connectivity index (χ2v) is 4.50. The van der Waals surface area contributed by atoms with E-state index in [4.69, 9.17) is 9.84 Å². The minimum atomic E-state index is -0.964. The van der Waals surface area contributed by atoms with E-state index in [1.807, 2.05) is 18.2 Å². The lowest BCUT2D eigenvalue weighted by molar-refractivity contribution is 0.0698. The first-order valence-corrected chi connectivity index (χ1v) is 6.03. The first kappa shape index (κ1) is 11.0. The van der Waals surface area contributed by atoms with E-state index in [1.54, 1.807) is 6.07 Å². The first-order chi connectivity index (χ1) is 8.75. The lowest BCUT2D eigenvalue weighted by Gasteiger charge is -2.26. The lowest BCUT2D eigenvalue weighted by Crippen LogP contribution is -2.25. The Balaban J connectivity index is 2.10. The Bertz CT molecular complexity index is 605. The van der Waals surface area contributed by atoms with Gasteiger partial charge in [0.25, 0.3) is 0 Å². The molecule has 0 unspecified atom stereocenters. The number of carboxylic acid groups (broad SMARTS) is 1. The van der Waals surface area contributed by atoms with Gasteiger partial charge >= 0.3 is 5.97 Å². The van der Waals surface area contributed by atoms with Gasteiger partial charge in [0.15, 0.2) is 0 Å². The summed E-state index contributed by atoms with van der Waals surface area (Å²) in [4.78, 5) is 15.3. The van der Waals surface area contributed by atoms with Crippen molar-refractivity contribution >= 4 is 16.7 Å². The van der Waals surface area contributed by atoms with E-state index < -0.39 is 5.97 Å². The van der Waals surface area contributed by atoms with Crippen molar-refractivity contribution in [1.29, 1.82) is 0 Å². The molecule has 92 valence electrons. The second-order valence-electron chi connectivity index (χ2n) is 4.50. The summed E-state index contributed by atoms with van der Waals surface area (Å²) in [6.07, 6.45) is 4.90. The average molecular weight is 243 g/mol. The quantitative estimate of drug-likeness (QED) is 0.900. The third-order valence-corrected chi connectivity index (χ3v) is 3.32. The number of benzene rings is 1. The van der Waals surface area contributed by atoms with Crippen molar-refractivity contribution in [2.45, 2.75) is 25.4 Å². The summed E-state index contributed by atoms with van der Waals surface area (Å²) in [5.74, 6) is -0.422. The number of ether oxygens (including phenoxy) is 1. The molecule has 4 heteroatoms. The summed E-state index contributed by atoms with van der Waals surface area (Å²) >= 11 is 0. The fourth-order valence-electron chi connectivity index (χ4n) is 2.08. The van der Waals surface area contributed by atoms with Crippen molar-refractivity contribution in [1.82, 2.24) is 4.98 Å². The molecule has 0 aliphatic heterocycles. The Labute approximate surface area is 104 Å². The fraction of sp³-hybridized carbons (Fsp3) is 0.286. The molecule has 2 aromatic rings. The fourth-order valence-corrected chi connectivity index (χ4v) is 2.08. The van der Waals surface area contributed by atoms with Crippen LogP contribution in [0.3, 0.4) is 0 Å². The van der Waals surface area contributed by atoms with Gasteiger partial charge in [-0.25, -0.2) is 9.78 Å². The van der Waals surface area contributed by atoms with E-state index in [1.165, 1.54) is 12.6 Å². The zero-order valence-corrected chi connectivity index (χ0v) is 9.80. The van der Waals surface area contributed by atoms with Crippen LogP contribution in [-0.2, 0) is 0 Å². The Morgan fingerprint density at radius 2 is 2.00 bits per heavy atom. The maximum absolute atomic E-state index is 11.1. The Morgan fingerprint density at radius 1 is 1.28 bits per heavy atom. The normalized spacial score (nSPS) is 15.3. The minimum Gasteiger partial charge on any atom is -0.478 e. The number of hydrogen-bond acceptors (Lipinski definition) is 3. The number of rotatable bonds is 3. The van der Waals surface area contributed by atoms with Gasteiger partial charge in [-0.05, 0) is 25.3 Å². The summed E-state index contributed by atoms with van der Waals surface area (Å²) in [6, 6.07) is 7.32. The number of carbonyl (C=O) groups is 1. The minimum absolute atomic E-state index is 0.214. The second kappa shape index (κ2) is 4.29. The molecule has 4 nitrogen and oxygen atoms in total. The lowest BCUT2D eigenvalue weighted by atomic mass is 9.96. The van der Waals surface area contributed by atoms with Crippen LogP contribution in [0.4, 0.5) is 0 Å². The molecule has 0 atom stereocenters. The number of carboxylic acids is 1. The molecule has 3 rings (SSSR count). The molecular formula is C14H13NO3. The van der Waals surface area contributed by atoms with Crippen LogP contribution in [0.25, 0.3) is 10.8 Å². The summed E-state index contributed by atoms with van der Waals surface area (Å²) < 4.78 is 5.79. The molecule has 1 aliphatic carbocycles. The predicted molar refractivity (Wildman–Crippen MR) is 67.0 cm³/mol. The monoisotopic (exact) mass is 243 g/mol. The third-order valence-electron chi connectivity index (χ3n) is 3.32. The molecule has 18 heavy (non-hydrogen) atoms. The molecule has 0 spiro atoms. The largest absolute Gasteiger partial charge is 0.478 e. The highest BCUT2D eigenvalue weighted by atomic mass is 16.5. The Morgan fingerprint density at radius 3 is 2.61 bits per heavy atom. The maximum atomic E-state index is 11.1. The van der Waals surface area contributed by atoms with E-state index in [9.17, 15) is 4.79 Å². The van der Waals surface area contributed by atoms with Gasteiger partial charge in [-0.2, -0.15) is 0 Å². The Hall–Kier alpha value is -2.10. The van der Waals surface area contributed by atoms with Gasteiger partial charge in [-0.15, -0.1) is 0 Å². The van der Waals surface area contributed by atoms with Crippen LogP contribution in [0.2, 0.25) is 0 Å². The number of pyridine rings is 1. The van der Waals surface area contributed by atoms with E-state index in [2.05, 4.69) is 4.98 Å². The predicted octanol–water partition coefficient (Wildman–Crippen LogP) is 2.86. The summed E-state index contributed by atoms with van der Waals surface area (Å²) in [6.45, 7) is 0. The average Bonchev–Trinajstić information content (AvgIpc) is 2.33. The molecule has 0 amide bonds. The van der Waals surface area contributed by atoms with Crippen molar-refractivity contribution in [2.24, 2.45) is 0 Å². The molecule has 0 saturated heterocycles. The zero-order valence-electron chi connectivity index (χ0n) is 9.80. The van der Waals surface area contributed by atoms with Crippen LogP contribution in [-0.4, -0.2) is 22.2 Å². The summed E-state index contributed by atoms with van der Waals surface area (Å²) in [7, 11) is 0. The van der Waals surface area contributed by atoms with Crippen LogP contribution in [0.1, 0.15) is 29.6 Å². The van der Waals surface area contributed by atoms with Gasteiger partial charge in [-0.3, -0.25) is 0 Å². The van der Waals surface area contributed by atoms with E-state index in [0.29, 0.717) is 11.3 Å². The topological polar surface area (TPSA) is 59.4 Å². The highest BCUT2D eigenvalue weighted by molar-refractivity contribution is 6.04. The van der Waals surface area contributed by atoms with Crippen molar-refractivity contribution < 1.29 is 14.6 Å². The molecule has 1 aromatic carbocycles. The number of aromatic nitrogens is 1. The number of nitrogens with zero attached hydrogens (tertiary/aromatic N) is 1. The van der Waals surface area contributed by atoms with Crippen molar-refractivity contribution in [3.05, 3.63) is 36.0 Å². The van der Waals surface area contributed by atoms with E-state index >= 15 is 0 Å². The van der Waals surface area contributed by atoms with Crippen LogP contribution < -0.4 is 4.74 Å². The smallest absolute Gasteiger partial charge is 0.337 e. The maximum Gasteiger partial charge on any atom is 0.337 e. The summed E-state index contributed by atoms with van der Waals surface area (Å²) in [5.41, 5.74) is 0.214. The molecule has 1 N–H and O–H groups in total. The first-order valence-electron chi connectivity index (χ1n) is 6.03. The molecule has 1 saturated carbocycles. The molecule has 1 fully saturated rings. The molecule has 1 aromatic heterocycles. The van der Waals surface area contributed by atoms with Crippen LogP contribution in [0.5, 0.6) is 5.88 Å². The van der Waals surface area contributed by atoms with Crippen LogP contribution >= 0.6 is 0 Å². The standard InChI is InChI=1S/C14H13NO3/c16-14(17)12-8-15-13(18-9-4-3-5-9)11-7-2-1-6-10(11)12/h1-2,6-9H,3-5H2,(H,16,17). The van der Waals surface area contributed by atoms with Gasteiger partial charge in [0.05, 0.1) is 5.56 Å². The van der Waals surface area contributed by atoms with Crippen molar-refractivity contribution in [3.63, 3.8) is 0 Å². The third kappa shape index (κ3) is 1.79. The molecule has 1 aliphatic rings. The van der Waals surface area contributed by atoms with Crippen molar-refractivity contribution in [2.75, 3.05) is 0 Å². The van der Waals surface area contributed by atoms with Gasteiger partial charge < -0.3 is 9.84 Å². The number of fused-ring (bicyclic) bond motifs is 1.